The molecule has 1 aromatic rings. The number of nitrogens with two attached hydrogens (primary N) is 1. The monoisotopic (exact) mass is 277 g/mol. The molecule has 1 aromatic carbocycles. The largest absolute Gasteiger partial charge is 0.392 e. The maximum Gasteiger partial charge on any atom is 0.0682 e. The molecule has 0 spiro atoms. The molecule has 1 heterocycles. The van der Waals surface area contributed by atoms with Gasteiger partial charge in [-0.25, -0.2) is 0 Å². The van der Waals surface area contributed by atoms with Gasteiger partial charge >= 0.3 is 0 Å². The first-order valence-electron chi connectivity index (χ1n) is 7.45. The van der Waals surface area contributed by atoms with E-state index < -0.39 is 0 Å². The third kappa shape index (κ3) is 3.79. The van der Waals surface area contributed by atoms with E-state index in [1.807, 2.05) is 6.07 Å². The van der Waals surface area contributed by atoms with Crippen LogP contribution in [0.15, 0.2) is 30.3 Å². The lowest BCUT2D eigenvalue weighted by Gasteiger charge is -2.34. The van der Waals surface area contributed by atoms with E-state index >= 15 is 0 Å². The Labute approximate surface area is 122 Å². The summed E-state index contributed by atoms with van der Waals surface area (Å²) in [4.78, 5) is 4.63. The van der Waals surface area contributed by atoms with Gasteiger partial charge in [0, 0.05) is 25.2 Å². The summed E-state index contributed by atoms with van der Waals surface area (Å²) >= 11 is 0. The summed E-state index contributed by atoms with van der Waals surface area (Å²) < 4.78 is 0. The van der Waals surface area contributed by atoms with Crippen molar-refractivity contribution < 1.29 is 5.11 Å². The molecule has 1 aliphatic heterocycles. The molecule has 0 bridgehead atoms. The molecule has 1 saturated heterocycles. The molecular formula is C16H27N3O. The van der Waals surface area contributed by atoms with E-state index in [1.54, 1.807) is 0 Å². The number of likely N-dealkylation sites (N-methyl/N-ethyl adjacent to an activating group) is 1. The van der Waals surface area contributed by atoms with Gasteiger partial charge in [0.25, 0.3) is 0 Å². The Hall–Kier alpha value is -0.940. The Morgan fingerprint density at radius 3 is 2.65 bits per heavy atom. The van der Waals surface area contributed by atoms with E-state index in [0.29, 0.717) is 18.6 Å². The highest BCUT2D eigenvalue weighted by Gasteiger charge is 2.35. The SMILES string of the molecule is CN(C)CC1CC(O)CN1C(CCN)c1ccccc1. The van der Waals surface area contributed by atoms with E-state index in [0.717, 1.165) is 25.9 Å². The second-order valence-corrected chi connectivity index (χ2v) is 6.01. The van der Waals surface area contributed by atoms with Crippen LogP contribution in [0.4, 0.5) is 0 Å². The first kappa shape index (κ1) is 15.4. The Morgan fingerprint density at radius 1 is 1.35 bits per heavy atom. The summed E-state index contributed by atoms with van der Waals surface area (Å²) in [5, 5.41) is 10.1. The number of hydrogen-bond acceptors (Lipinski definition) is 4. The van der Waals surface area contributed by atoms with E-state index in [9.17, 15) is 5.11 Å². The summed E-state index contributed by atoms with van der Waals surface area (Å²) in [6.45, 7) is 2.39. The fourth-order valence-corrected chi connectivity index (χ4v) is 3.26. The van der Waals surface area contributed by atoms with Crippen molar-refractivity contribution in [1.29, 1.82) is 0 Å². The van der Waals surface area contributed by atoms with Gasteiger partial charge in [0.1, 0.15) is 0 Å². The molecule has 3 atom stereocenters. The van der Waals surface area contributed by atoms with Crippen molar-refractivity contribution in [3.05, 3.63) is 35.9 Å². The van der Waals surface area contributed by atoms with E-state index in [2.05, 4.69) is 48.2 Å². The Balaban J connectivity index is 2.18. The van der Waals surface area contributed by atoms with Gasteiger partial charge < -0.3 is 15.7 Å². The number of nitrogens with zero attached hydrogens (tertiary/aromatic N) is 2. The molecule has 1 fully saturated rings. The Bertz CT molecular complexity index is 396. The van der Waals surface area contributed by atoms with Crippen molar-refractivity contribution in [2.75, 3.05) is 33.7 Å². The molecule has 2 rings (SSSR count). The maximum absolute atomic E-state index is 10.1. The van der Waals surface area contributed by atoms with Crippen LogP contribution < -0.4 is 5.73 Å². The molecule has 0 amide bonds. The minimum absolute atomic E-state index is 0.219. The zero-order valence-corrected chi connectivity index (χ0v) is 12.6. The fourth-order valence-electron chi connectivity index (χ4n) is 3.26. The molecule has 0 saturated carbocycles. The lowest BCUT2D eigenvalue weighted by atomic mass is 10.0. The lowest BCUT2D eigenvalue weighted by Crippen LogP contribution is -2.40. The van der Waals surface area contributed by atoms with Gasteiger partial charge in [-0.2, -0.15) is 0 Å². The highest BCUT2D eigenvalue weighted by Crippen LogP contribution is 2.31. The average molecular weight is 277 g/mol. The van der Waals surface area contributed by atoms with Gasteiger partial charge in [-0.15, -0.1) is 0 Å². The van der Waals surface area contributed by atoms with E-state index in [4.69, 9.17) is 5.73 Å². The molecule has 0 radical (unpaired) electrons. The van der Waals surface area contributed by atoms with E-state index in [-0.39, 0.29) is 6.10 Å². The van der Waals surface area contributed by atoms with Crippen LogP contribution in [0, 0.1) is 0 Å². The molecule has 3 unspecified atom stereocenters. The predicted octanol–water partition coefficient (Wildman–Crippen LogP) is 1.07. The van der Waals surface area contributed by atoms with Crippen LogP contribution in [-0.2, 0) is 0 Å². The number of β-amino-alcohol motifs (C(OH)–C–C–N with tert-alkyl or cyclic N) is 1. The van der Waals surface area contributed by atoms with Gasteiger partial charge in [-0.1, -0.05) is 30.3 Å². The van der Waals surface area contributed by atoms with Crippen LogP contribution in [0.3, 0.4) is 0 Å². The Morgan fingerprint density at radius 2 is 2.05 bits per heavy atom. The summed E-state index contributed by atoms with van der Waals surface area (Å²) in [6, 6.07) is 11.2. The fraction of sp³-hybridized carbons (Fsp3) is 0.625. The van der Waals surface area contributed by atoms with Crippen molar-refractivity contribution in [1.82, 2.24) is 9.80 Å². The molecule has 4 nitrogen and oxygen atoms in total. The van der Waals surface area contributed by atoms with Gasteiger partial charge in [-0.3, -0.25) is 4.90 Å². The van der Waals surface area contributed by atoms with Crippen LogP contribution in [0.25, 0.3) is 0 Å². The normalized spacial score (nSPS) is 25.2. The van der Waals surface area contributed by atoms with Crippen molar-refractivity contribution >= 4 is 0 Å². The summed E-state index contributed by atoms with van der Waals surface area (Å²) in [5.41, 5.74) is 7.12. The summed E-state index contributed by atoms with van der Waals surface area (Å²) in [7, 11) is 4.17. The zero-order valence-electron chi connectivity index (χ0n) is 12.6. The lowest BCUT2D eigenvalue weighted by molar-refractivity contribution is 0.131. The topological polar surface area (TPSA) is 52.7 Å². The number of likely N-dealkylation sites (tertiary alicyclic amines) is 1. The Kier molecular flexibility index (Phi) is 5.54. The second-order valence-electron chi connectivity index (χ2n) is 6.01. The number of hydrogen-bond donors (Lipinski definition) is 2. The van der Waals surface area contributed by atoms with Gasteiger partial charge in [0.05, 0.1) is 6.10 Å². The second kappa shape index (κ2) is 7.18. The molecule has 1 aliphatic rings. The zero-order chi connectivity index (χ0) is 14.5. The van der Waals surface area contributed by atoms with Gasteiger partial charge in [0.2, 0.25) is 0 Å². The summed E-state index contributed by atoms with van der Waals surface area (Å²) in [5.74, 6) is 0. The summed E-state index contributed by atoms with van der Waals surface area (Å²) in [6.07, 6.45) is 1.57. The number of aliphatic hydroxyl groups excluding tert-OH is 1. The van der Waals surface area contributed by atoms with Crippen LogP contribution in [0.1, 0.15) is 24.4 Å². The average Bonchev–Trinajstić information content (AvgIpc) is 2.76. The standard InChI is InChI=1S/C16H27N3O/c1-18(2)11-14-10-15(20)12-19(14)16(8-9-17)13-6-4-3-5-7-13/h3-7,14-16,20H,8-12,17H2,1-2H3. The highest BCUT2D eigenvalue weighted by atomic mass is 16.3. The van der Waals surface area contributed by atoms with Crippen LogP contribution in [0.2, 0.25) is 0 Å². The molecule has 3 N–H and O–H groups in total. The molecule has 112 valence electrons. The maximum atomic E-state index is 10.1. The van der Waals surface area contributed by atoms with Crippen LogP contribution in [-0.4, -0.2) is 60.8 Å². The van der Waals surface area contributed by atoms with Crippen molar-refractivity contribution in [3.63, 3.8) is 0 Å². The van der Waals surface area contributed by atoms with Gasteiger partial charge in [-0.05, 0) is 39.0 Å². The minimum Gasteiger partial charge on any atom is -0.392 e. The number of rotatable bonds is 6. The first-order chi connectivity index (χ1) is 9.61. The van der Waals surface area contributed by atoms with Crippen molar-refractivity contribution in [2.24, 2.45) is 5.73 Å². The van der Waals surface area contributed by atoms with E-state index in [1.165, 1.54) is 5.56 Å². The first-order valence-corrected chi connectivity index (χ1v) is 7.45. The smallest absolute Gasteiger partial charge is 0.0682 e. The molecule has 20 heavy (non-hydrogen) atoms. The molecule has 0 aliphatic carbocycles. The predicted molar refractivity (Wildman–Crippen MR) is 82.5 cm³/mol. The van der Waals surface area contributed by atoms with Crippen LogP contribution >= 0.6 is 0 Å². The third-order valence-electron chi connectivity index (χ3n) is 4.04. The molecule has 4 heteroatoms. The minimum atomic E-state index is -0.219. The van der Waals surface area contributed by atoms with Crippen LogP contribution in [0.5, 0.6) is 0 Å². The molecule has 0 aromatic heterocycles. The third-order valence-corrected chi connectivity index (χ3v) is 4.04. The number of aliphatic hydroxyl groups is 1. The van der Waals surface area contributed by atoms with Gasteiger partial charge in [0.15, 0.2) is 0 Å². The number of benzene rings is 1. The van der Waals surface area contributed by atoms with Crippen molar-refractivity contribution in [3.8, 4) is 0 Å². The molecular weight excluding hydrogens is 250 g/mol. The van der Waals surface area contributed by atoms with Crippen molar-refractivity contribution in [2.45, 2.75) is 31.0 Å². The highest BCUT2D eigenvalue weighted by molar-refractivity contribution is 5.20. The quantitative estimate of drug-likeness (QED) is 0.817.